The second-order valence-electron chi connectivity index (χ2n) is 5.17. The standard InChI is InChI=1S/C14H28N2O2S/c1-4-14(5-2)11-12(7-10-18-14)16-13(19)15-8-6-9-17-3/h12H,4-11H2,1-3H3,(H2,15,16,19). The first-order valence-corrected chi connectivity index (χ1v) is 7.74. The van der Waals surface area contributed by atoms with Crippen molar-refractivity contribution in [1.82, 2.24) is 10.6 Å². The van der Waals surface area contributed by atoms with Crippen LogP contribution in [-0.2, 0) is 9.47 Å². The summed E-state index contributed by atoms with van der Waals surface area (Å²) < 4.78 is 11.0. The van der Waals surface area contributed by atoms with Gasteiger partial charge in [-0.25, -0.2) is 0 Å². The molecule has 0 radical (unpaired) electrons. The van der Waals surface area contributed by atoms with Gasteiger partial charge in [0.2, 0.25) is 0 Å². The summed E-state index contributed by atoms with van der Waals surface area (Å²) in [7, 11) is 1.72. The van der Waals surface area contributed by atoms with Crippen LogP contribution in [0.2, 0.25) is 0 Å². The highest BCUT2D eigenvalue weighted by Gasteiger charge is 2.34. The lowest BCUT2D eigenvalue weighted by molar-refractivity contribution is -0.0910. The molecule has 0 amide bonds. The summed E-state index contributed by atoms with van der Waals surface area (Å²) >= 11 is 5.33. The summed E-state index contributed by atoms with van der Waals surface area (Å²) in [5, 5.41) is 7.40. The summed E-state index contributed by atoms with van der Waals surface area (Å²) in [4.78, 5) is 0. The quantitative estimate of drug-likeness (QED) is 0.555. The Kier molecular flexibility index (Phi) is 7.64. The van der Waals surface area contributed by atoms with Gasteiger partial charge in [-0.2, -0.15) is 0 Å². The van der Waals surface area contributed by atoms with E-state index < -0.39 is 0 Å². The Morgan fingerprint density at radius 3 is 2.79 bits per heavy atom. The molecule has 0 saturated carbocycles. The molecule has 2 N–H and O–H groups in total. The summed E-state index contributed by atoms with van der Waals surface area (Å²) in [6, 6.07) is 0.427. The van der Waals surface area contributed by atoms with Crippen molar-refractivity contribution in [3.8, 4) is 0 Å². The van der Waals surface area contributed by atoms with Gasteiger partial charge in [0.25, 0.3) is 0 Å². The van der Waals surface area contributed by atoms with Crippen molar-refractivity contribution in [3.05, 3.63) is 0 Å². The molecular formula is C14H28N2O2S. The zero-order valence-corrected chi connectivity index (χ0v) is 13.3. The molecule has 5 heteroatoms. The van der Waals surface area contributed by atoms with Crippen LogP contribution in [0.1, 0.15) is 46.0 Å². The van der Waals surface area contributed by atoms with Crippen molar-refractivity contribution in [2.24, 2.45) is 0 Å². The van der Waals surface area contributed by atoms with E-state index in [1.165, 1.54) is 0 Å². The van der Waals surface area contributed by atoms with Gasteiger partial charge in [0.15, 0.2) is 5.11 Å². The maximum Gasteiger partial charge on any atom is 0.166 e. The molecule has 19 heavy (non-hydrogen) atoms. The van der Waals surface area contributed by atoms with Crippen LogP contribution in [0.25, 0.3) is 0 Å². The fourth-order valence-corrected chi connectivity index (χ4v) is 2.82. The highest BCUT2D eigenvalue weighted by molar-refractivity contribution is 7.80. The number of rotatable bonds is 7. The number of hydrogen-bond donors (Lipinski definition) is 2. The molecule has 1 heterocycles. The maximum atomic E-state index is 5.97. The van der Waals surface area contributed by atoms with Crippen molar-refractivity contribution in [2.75, 3.05) is 26.9 Å². The predicted molar refractivity (Wildman–Crippen MR) is 82.5 cm³/mol. The molecule has 1 aliphatic heterocycles. The van der Waals surface area contributed by atoms with E-state index in [0.29, 0.717) is 6.04 Å². The molecule has 0 aromatic rings. The van der Waals surface area contributed by atoms with Crippen molar-refractivity contribution in [2.45, 2.75) is 57.6 Å². The monoisotopic (exact) mass is 288 g/mol. The molecule has 0 aromatic heterocycles. The summed E-state index contributed by atoms with van der Waals surface area (Å²) in [6.07, 6.45) is 5.17. The van der Waals surface area contributed by atoms with Gasteiger partial charge in [-0.1, -0.05) is 13.8 Å². The third-order valence-electron chi connectivity index (χ3n) is 3.93. The molecule has 112 valence electrons. The van der Waals surface area contributed by atoms with Crippen molar-refractivity contribution in [3.63, 3.8) is 0 Å². The van der Waals surface area contributed by atoms with Gasteiger partial charge in [0.1, 0.15) is 0 Å². The van der Waals surface area contributed by atoms with Crippen LogP contribution < -0.4 is 10.6 Å². The fraction of sp³-hybridized carbons (Fsp3) is 0.929. The van der Waals surface area contributed by atoms with Gasteiger partial charge in [0, 0.05) is 32.9 Å². The number of nitrogens with one attached hydrogen (secondary N) is 2. The van der Waals surface area contributed by atoms with Crippen LogP contribution in [0.3, 0.4) is 0 Å². The van der Waals surface area contributed by atoms with Crippen molar-refractivity contribution >= 4 is 17.3 Å². The van der Waals surface area contributed by atoms with E-state index in [0.717, 1.165) is 57.0 Å². The minimum atomic E-state index is 0.0432. The SMILES string of the molecule is CCC1(CC)CC(NC(=S)NCCCOC)CCO1. The molecule has 1 saturated heterocycles. The lowest BCUT2D eigenvalue weighted by atomic mass is 9.86. The Balaban J connectivity index is 2.29. The first-order valence-electron chi connectivity index (χ1n) is 7.33. The van der Waals surface area contributed by atoms with Crippen LogP contribution in [-0.4, -0.2) is 43.6 Å². The van der Waals surface area contributed by atoms with E-state index in [1.807, 2.05) is 0 Å². The van der Waals surface area contributed by atoms with Crippen molar-refractivity contribution in [1.29, 1.82) is 0 Å². The Morgan fingerprint density at radius 1 is 1.42 bits per heavy atom. The third-order valence-corrected chi connectivity index (χ3v) is 4.19. The first kappa shape index (κ1) is 16.7. The molecule has 4 nitrogen and oxygen atoms in total. The minimum absolute atomic E-state index is 0.0432. The predicted octanol–water partition coefficient (Wildman–Crippen LogP) is 2.22. The molecule has 1 atom stereocenters. The Labute approximate surface area is 122 Å². The van der Waals surface area contributed by atoms with Gasteiger partial charge >= 0.3 is 0 Å². The lowest BCUT2D eigenvalue weighted by Crippen LogP contribution is -2.50. The average Bonchev–Trinajstić information content (AvgIpc) is 2.44. The van der Waals surface area contributed by atoms with Gasteiger partial charge in [-0.15, -0.1) is 0 Å². The number of thiocarbonyl (C=S) groups is 1. The third kappa shape index (κ3) is 5.63. The second kappa shape index (κ2) is 8.72. The van der Waals surface area contributed by atoms with E-state index in [-0.39, 0.29) is 5.60 Å². The Morgan fingerprint density at radius 2 is 2.16 bits per heavy atom. The average molecular weight is 288 g/mol. The fourth-order valence-electron chi connectivity index (χ4n) is 2.55. The largest absolute Gasteiger partial charge is 0.385 e. The second-order valence-corrected chi connectivity index (χ2v) is 5.58. The maximum absolute atomic E-state index is 5.97. The summed E-state index contributed by atoms with van der Waals surface area (Å²) in [5.41, 5.74) is 0.0432. The zero-order valence-electron chi connectivity index (χ0n) is 12.5. The van der Waals surface area contributed by atoms with Crippen LogP contribution in [0.4, 0.5) is 0 Å². The van der Waals surface area contributed by atoms with E-state index in [4.69, 9.17) is 21.7 Å². The molecule has 1 aliphatic rings. The Bertz CT molecular complexity index is 270. The normalized spacial score (nSPS) is 21.9. The molecule has 0 aliphatic carbocycles. The number of methoxy groups -OCH3 is 1. The van der Waals surface area contributed by atoms with E-state index in [1.54, 1.807) is 7.11 Å². The molecular weight excluding hydrogens is 260 g/mol. The van der Waals surface area contributed by atoms with E-state index >= 15 is 0 Å². The summed E-state index contributed by atoms with van der Waals surface area (Å²) in [6.45, 7) is 6.85. The van der Waals surface area contributed by atoms with Gasteiger partial charge in [-0.05, 0) is 44.3 Å². The van der Waals surface area contributed by atoms with E-state index in [2.05, 4.69) is 24.5 Å². The van der Waals surface area contributed by atoms with Crippen LogP contribution in [0.15, 0.2) is 0 Å². The van der Waals surface area contributed by atoms with Crippen LogP contribution in [0, 0.1) is 0 Å². The molecule has 1 rings (SSSR count). The highest BCUT2D eigenvalue weighted by Crippen LogP contribution is 2.31. The molecule has 0 spiro atoms. The molecule has 0 aromatic carbocycles. The Hall–Kier alpha value is -0.390. The topological polar surface area (TPSA) is 42.5 Å². The number of hydrogen-bond acceptors (Lipinski definition) is 3. The highest BCUT2D eigenvalue weighted by atomic mass is 32.1. The molecule has 0 bridgehead atoms. The van der Waals surface area contributed by atoms with Crippen molar-refractivity contribution < 1.29 is 9.47 Å². The van der Waals surface area contributed by atoms with Gasteiger partial charge in [-0.3, -0.25) is 0 Å². The first-order chi connectivity index (χ1) is 9.15. The van der Waals surface area contributed by atoms with Gasteiger partial charge in [0.05, 0.1) is 5.60 Å². The van der Waals surface area contributed by atoms with Crippen LogP contribution >= 0.6 is 12.2 Å². The zero-order chi connectivity index (χ0) is 14.1. The van der Waals surface area contributed by atoms with Gasteiger partial charge < -0.3 is 20.1 Å². The number of ether oxygens (including phenoxy) is 2. The van der Waals surface area contributed by atoms with Crippen LogP contribution in [0.5, 0.6) is 0 Å². The molecule has 1 unspecified atom stereocenters. The lowest BCUT2D eigenvalue weighted by Gasteiger charge is -2.40. The van der Waals surface area contributed by atoms with E-state index in [9.17, 15) is 0 Å². The minimum Gasteiger partial charge on any atom is -0.385 e. The summed E-state index contributed by atoms with van der Waals surface area (Å²) in [5.74, 6) is 0. The smallest absolute Gasteiger partial charge is 0.166 e. The molecule has 1 fully saturated rings.